The maximum Gasteiger partial charge on any atom is 0.489 e. The number of rotatable bonds is 1. The minimum Gasteiger partial charge on any atom is -0.407 e. The predicted molar refractivity (Wildman–Crippen MR) is 35.0 cm³/mol. The molecule has 0 radical (unpaired) electrons. The summed E-state index contributed by atoms with van der Waals surface area (Å²) in [5.41, 5.74) is 1.33. The van der Waals surface area contributed by atoms with Gasteiger partial charge in [-0.2, -0.15) is 0 Å². The molecule has 2 aliphatic rings. The molecule has 1 aliphatic carbocycles. The molecule has 0 aromatic heterocycles. The number of hydrogen-bond acceptors (Lipinski definition) is 2. The lowest BCUT2D eigenvalue weighted by atomic mass is 9.84. The van der Waals surface area contributed by atoms with E-state index < -0.39 is 0 Å². The quantitative estimate of drug-likeness (QED) is 0.481. The Balaban J connectivity index is 1.87. The molecule has 0 aromatic carbocycles. The third kappa shape index (κ3) is 1.17. The van der Waals surface area contributed by atoms with Crippen molar-refractivity contribution >= 4 is 7.12 Å². The Hall–Kier alpha value is -0.275. The van der Waals surface area contributed by atoms with Gasteiger partial charge in [0.1, 0.15) is 0 Å². The van der Waals surface area contributed by atoms with Gasteiger partial charge in [-0.05, 0) is 18.3 Å². The van der Waals surface area contributed by atoms with Crippen molar-refractivity contribution in [2.45, 2.75) is 12.8 Å². The molecule has 0 N–H and O–H groups in total. The molecule has 2 nitrogen and oxygen atoms in total. The molecule has 0 unspecified atom stereocenters. The highest BCUT2D eigenvalue weighted by atomic mass is 16.6. The fourth-order valence-corrected chi connectivity index (χ4v) is 0.953. The van der Waals surface area contributed by atoms with Crippen molar-refractivity contribution in [1.29, 1.82) is 0 Å². The summed E-state index contributed by atoms with van der Waals surface area (Å²) in [5, 5.41) is 0. The normalized spacial score (nSPS) is 25.8. The first-order valence-corrected chi connectivity index (χ1v) is 3.39. The highest BCUT2D eigenvalue weighted by molar-refractivity contribution is 6.55. The zero-order chi connectivity index (χ0) is 6.10. The third-order valence-corrected chi connectivity index (χ3v) is 1.57. The largest absolute Gasteiger partial charge is 0.489 e. The minimum atomic E-state index is 0.0266. The molecule has 3 heteroatoms. The molecular weight excluding hydrogens is 115 g/mol. The Labute approximate surface area is 55.0 Å². The molecule has 0 atom stereocenters. The van der Waals surface area contributed by atoms with Crippen LogP contribution in [-0.4, -0.2) is 20.3 Å². The minimum absolute atomic E-state index is 0.0266. The Bertz CT molecular complexity index is 138. The second-order valence-electron chi connectivity index (χ2n) is 2.41. The molecule has 1 fully saturated rings. The van der Waals surface area contributed by atoms with E-state index in [1.54, 1.807) is 0 Å². The first-order chi connectivity index (χ1) is 4.47. The molecular formula is C6H9BO2. The Morgan fingerprint density at radius 2 is 2.00 bits per heavy atom. The van der Waals surface area contributed by atoms with Crippen LogP contribution in [0.3, 0.4) is 0 Å². The second-order valence-corrected chi connectivity index (χ2v) is 2.41. The van der Waals surface area contributed by atoms with Crippen LogP contribution in [0.5, 0.6) is 0 Å². The highest BCUT2D eigenvalue weighted by Crippen LogP contribution is 2.24. The maximum atomic E-state index is 5.31. The van der Waals surface area contributed by atoms with Crippen LogP contribution in [0, 0.1) is 0 Å². The summed E-state index contributed by atoms with van der Waals surface area (Å²) in [6.45, 7) is 1.73. The SMILES string of the molecule is C1=C(B2OCCCO2)C1. The average Bonchev–Trinajstić information content (AvgIpc) is 2.71. The van der Waals surface area contributed by atoms with Crippen molar-refractivity contribution in [3.63, 3.8) is 0 Å². The van der Waals surface area contributed by atoms with Gasteiger partial charge in [-0.15, -0.1) is 0 Å². The van der Waals surface area contributed by atoms with Gasteiger partial charge in [-0.1, -0.05) is 6.08 Å². The Morgan fingerprint density at radius 1 is 1.33 bits per heavy atom. The van der Waals surface area contributed by atoms with E-state index in [-0.39, 0.29) is 7.12 Å². The van der Waals surface area contributed by atoms with Crippen molar-refractivity contribution in [2.24, 2.45) is 0 Å². The topological polar surface area (TPSA) is 18.5 Å². The van der Waals surface area contributed by atoms with Gasteiger partial charge in [-0.25, -0.2) is 0 Å². The van der Waals surface area contributed by atoms with E-state index >= 15 is 0 Å². The summed E-state index contributed by atoms with van der Waals surface area (Å²) in [6, 6.07) is 0. The van der Waals surface area contributed by atoms with Crippen molar-refractivity contribution in [2.75, 3.05) is 13.2 Å². The zero-order valence-corrected chi connectivity index (χ0v) is 5.30. The smallest absolute Gasteiger partial charge is 0.407 e. The average molecular weight is 124 g/mol. The Kier molecular flexibility index (Phi) is 1.32. The molecule has 0 aromatic rings. The standard InChI is InChI=1S/C6H9BO2/c1-4-8-7(9-5-1)6-2-3-6/h2H,1,3-5H2. The lowest BCUT2D eigenvalue weighted by Crippen LogP contribution is -2.29. The summed E-state index contributed by atoms with van der Waals surface area (Å²) in [5.74, 6) is 0. The van der Waals surface area contributed by atoms with Gasteiger partial charge in [0.05, 0.1) is 0 Å². The molecule has 0 spiro atoms. The monoisotopic (exact) mass is 124 g/mol. The lowest BCUT2D eigenvalue weighted by molar-refractivity contribution is 0.141. The lowest BCUT2D eigenvalue weighted by Gasteiger charge is -2.17. The third-order valence-electron chi connectivity index (χ3n) is 1.57. The van der Waals surface area contributed by atoms with Crippen molar-refractivity contribution in [3.8, 4) is 0 Å². The van der Waals surface area contributed by atoms with E-state index in [9.17, 15) is 0 Å². The summed E-state index contributed by atoms with van der Waals surface area (Å²) in [6.07, 6.45) is 4.30. The molecule has 1 heterocycles. The van der Waals surface area contributed by atoms with Crippen molar-refractivity contribution in [1.82, 2.24) is 0 Å². The summed E-state index contributed by atoms with van der Waals surface area (Å²) in [7, 11) is 0.0266. The van der Waals surface area contributed by atoms with E-state index in [2.05, 4.69) is 6.08 Å². The van der Waals surface area contributed by atoms with E-state index in [1.165, 1.54) is 5.47 Å². The van der Waals surface area contributed by atoms with Gasteiger partial charge < -0.3 is 9.31 Å². The van der Waals surface area contributed by atoms with Crippen molar-refractivity contribution in [3.05, 3.63) is 11.5 Å². The number of hydrogen-bond donors (Lipinski definition) is 0. The van der Waals surface area contributed by atoms with Gasteiger partial charge in [0.15, 0.2) is 0 Å². The molecule has 1 aliphatic heterocycles. The fraction of sp³-hybridized carbons (Fsp3) is 0.667. The molecule has 0 amide bonds. The number of allylic oxidation sites excluding steroid dienone is 2. The molecule has 9 heavy (non-hydrogen) atoms. The zero-order valence-electron chi connectivity index (χ0n) is 5.30. The van der Waals surface area contributed by atoms with Gasteiger partial charge in [0.2, 0.25) is 0 Å². The predicted octanol–water partition coefficient (Wildman–Crippen LogP) is 0.781. The molecule has 1 saturated heterocycles. The van der Waals surface area contributed by atoms with Crippen LogP contribution in [0.25, 0.3) is 0 Å². The second kappa shape index (κ2) is 2.16. The van der Waals surface area contributed by atoms with E-state index in [0.717, 1.165) is 26.1 Å². The molecule has 0 saturated carbocycles. The van der Waals surface area contributed by atoms with Crippen LogP contribution in [0.1, 0.15) is 12.8 Å². The van der Waals surface area contributed by atoms with Crippen LogP contribution in [0.2, 0.25) is 0 Å². The van der Waals surface area contributed by atoms with E-state index in [4.69, 9.17) is 9.31 Å². The van der Waals surface area contributed by atoms with Gasteiger partial charge in [0.25, 0.3) is 0 Å². The van der Waals surface area contributed by atoms with Crippen LogP contribution in [0.15, 0.2) is 11.5 Å². The first kappa shape index (κ1) is 5.51. The highest BCUT2D eigenvalue weighted by Gasteiger charge is 2.30. The van der Waals surface area contributed by atoms with Crippen LogP contribution >= 0.6 is 0 Å². The van der Waals surface area contributed by atoms with Crippen LogP contribution < -0.4 is 0 Å². The van der Waals surface area contributed by atoms with Crippen LogP contribution in [-0.2, 0) is 9.31 Å². The van der Waals surface area contributed by atoms with Gasteiger partial charge in [0, 0.05) is 13.2 Å². The fourth-order valence-electron chi connectivity index (χ4n) is 0.953. The van der Waals surface area contributed by atoms with Crippen LogP contribution in [0.4, 0.5) is 0 Å². The van der Waals surface area contributed by atoms with Gasteiger partial charge in [-0.3, -0.25) is 0 Å². The van der Waals surface area contributed by atoms with E-state index in [1.807, 2.05) is 0 Å². The summed E-state index contributed by atoms with van der Waals surface area (Å²) < 4.78 is 10.6. The van der Waals surface area contributed by atoms with Gasteiger partial charge >= 0.3 is 7.12 Å². The molecule has 0 bridgehead atoms. The molecule has 48 valence electrons. The molecule has 2 rings (SSSR count). The first-order valence-electron chi connectivity index (χ1n) is 3.39. The maximum absolute atomic E-state index is 5.31. The Morgan fingerprint density at radius 3 is 2.56 bits per heavy atom. The summed E-state index contributed by atoms with van der Waals surface area (Å²) >= 11 is 0. The van der Waals surface area contributed by atoms with Crippen molar-refractivity contribution < 1.29 is 9.31 Å². The van der Waals surface area contributed by atoms with E-state index in [0.29, 0.717) is 0 Å². The summed E-state index contributed by atoms with van der Waals surface area (Å²) in [4.78, 5) is 0.